The highest BCUT2D eigenvalue weighted by Crippen LogP contribution is 2.35. The van der Waals surface area contributed by atoms with E-state index in [1.807, 2.05) is 32.0 Å². The van der Waals surface area contributed by atoms with E-state index < -0.39 is 5.25 Å². The summed E-state index contributed by atoms with van der Waals surface area (Å²) < 4.78 is 2.30. The third-order valence-electron chi connectivity index (χ3n) is 6.48. The number of hydrogen-bond donors (Lipinski definition) is 1. The molecule has 1 aliphatic heterocycles. The van der Waals surface area contributed by atoms with Crippen molar-refractivity contribution in [2.45, 2.75) is 39.0 Å². The first-order valence-corrected chi connectivity index (χ1v) is 13.3. The van der Waals surface area contributed by atoms with Gasteiger partial charge in [0.15, 0.2) is 5.17 Å². The largest absolute Gasteiger partial charge is 0.341 e. The van der Waals surface area contributed by atoms with Gasteiger partial charge in [-0.15, -0.1) is 0 Å². The van der Waals surface area contributed by atoms with Crippen molar-refractivity contribution in [3.05, 3.63) is 71.2 Å². The summed E-state index contributed by atoms with van der Waals surface area (Å²) in [5.41, 5.74) is 4.71. The highest BCUT2D eigenvalue weighted by molar-refractivity contribution is 8.15. The Morgan fingerprint density at radius 2 is 1.81 bits per heavy atom. The number of aromatic nitrogens is 1. The van der Waals surface area contributed by atoms with Crippen molar-refractivity contribution in [2.24, 2.45) is 4.99 Å². The summed E-state index contributed by atoms with van der Waals surface area (Å²) in [6, 6.07) is 19.9. The molecule has 1 N–H and O–H groups in total. The molecule has 36 heavy (non-hydrogen) atoms. The summed E-state index contributed by atoms with van der Waals surface area (Å²) >= 11 is 7.42. The van der Waals surface area contributed by atoms with E-state index in [-0.39, 0.29) is 18.2 Å². The van der Waals surface area contributed by atoms with Crippen LogP contribution >= 0.6 is 23.4 Å². The molecule has 3 aromatic carbocycles. The van der Waals surface area contributed by atoms with Gasteiger partial charge in [0.2, 0.25) is 11.8 Å². The van der Waals surface area contributed by atoms with Crippen molar-refractivity contribution in [1.82, 2.24) is 9.47 Å². The fourth-order valence-corrected chi connectivity index (χ4v) is 6.07. The average molecular weight is 519 g/mol. The first-order valence-electron chi connectivity index (χ1n) is 12.0. The summed E-state index contributed by atoms with van der Waals surface area (Å²) in [6.45, 7) is 7.34. The molecule has 2 amide bonds. The van der Waals surface area contributed by atoms with E-state index in [1.165, 1.54) is 22.7 Å². The Morgan fingerprint density at radius 3 is 2.58 bits per heavy atom. The van der Waals surface area contributed by atoms with Crippen LogP contribution in [0.4, 0.5) is 11.4 Å². The van der Waals surface area contributed by atoms with Crippen LogP contribution in [0.1, 0.15) is 25.8 Å². The number of aliphatic imine (C=N–C) groups is 1. The van der Waals surface area contributed by atoms with Gasteiger partial charge in [-0.1, -0.05) is 47.6 Å². The number of carbonyl (C=O) groups excluding carboxylic acids is 2. The zero-order chi connectivity index (χ0) is 25.4. The van der Waals surface area contributed by atoms with Crippen LogP contribution in [-0.2, 0) is 16.1 Å². The number of halogens is 1. The van der Waals surface area contributed by atoms with E-state index >= 15 is 0 Å². The quantitative estimate of drug-likeness (QED) is 0.307. The maximum Gasteiger partial charge on any atom is 0.242 e. The molecule has 0 bridgehead atoms. The number of anilines is 1. The zero-order valence-electron chi connectivity index (χ0n) is 20.4. The minimum atomic E-state index is -0.520. The Kier molecular flexibility index (Phi) is 6.77. The van der Waals surface area contributed by atoms with Crippen LogP contribution in [0.3, 0.4) is 0 Å². The molecule has 1 fully saturated rings. The number of amides is 2. The molecule has 4 aromatic rings. The van der Waals surface area contributed by atoms with Crippen molar-refractivity contribution in [1.29, 1.82) is 0 Å². The number of nitrogens with one attached hydrogen (secondary N) is 1. The number of benzene rings is 3. The third-order valence-corrected chi connectivity index (χ3v) is 7.89. The summed E-state index contributed by atoms with van der Waals surface area (Å²) in [6.07, 6.45) is 0.0635. The van der Waals surface area contributed by atoms with Crippen LogP contribution in [-0.4, -0.2) is 38.2 Å². The van der Waals surface area contributed by atoms with Gasteiger partial charge < -0.3 is 9.88 Å². The van der Waals surface area contributed by atoms with Gasteiger partial charge in [0.25, 0.3) is 0 Å². The lowest BCUT2D eigenvalue weighted by Crippen LogP contribution is -2.33. The van der Waals surface area contributed by atoms with Crippen molar-refractivity contribution in [3.63, 3.8) is 0 Å². The number of nitrogens with zero attached hydrogens (tertiary/aromatic N) is 3. The number of amidine groups is 1. The van der Waals surface area contributed by atoms with Gasteiger partial charge in [-0.2, -0.15) is 0 Å². The molecule has 1 unspecified atom stereocenters. The maximum absolute atomic E-state index is 13.1. The Morgan fingerprint density at radius 1 is 1.03 bits per heavy atom. The summed E-state index contributed by atoms with van der Waals surface area (Å²) in [5.74, 6) is -0.319. The van der Waals surface area contributed by atoms with Gasteiger partial charge in [0.1, 0.15) is 5.25 Å². The lowest BCUT2D eigenvalue weighted by molar-refractivity contribution is -0.128. The molecule has 1 aromatic heterocycles. The second-order valence-electron chi connectivity index (χ2n) is 8.76. The predicted molar refractivity (Wildman–Crippen MR) is 150 cm³/mol. The normalized spacial score (nSPS) is 17.0. The number of aryl methyl sites for hydroxylation is 2. The SMILES string of the molecule is CCN1C(=O)C(CC(=O)Nc2cc(Cl)ccc2C)SC1=Nc1ccc2c(c1)c1ccccc1n2CC. The first-order chi connectivity index (χ1) is 17.4. The van der Waals surface area contributed by atoms with Crippen LogP contribution in [0.5, 0.6) is 0 Å². The highest BCUT2D eigenvalue weighted by Gasteiger charge is 2.38. The van der Waals surface area contributed by atoms with Crippen molar-refractivity contribution < 1.29 is 9.59 Å². The molecule has 2 heterocycles. The highest BCUT2D eigenvalue weighted by atomic mass is 35.5. The summed E-state index contributed by atoms with van der Waals surface area (Å²) in [5, 5.41) is 5.87. The van der Waals surface area contributed by atoms with Crippen LogP contribution in [0, 0.1) is 6.92 Å². The molecule has 0 spiro atoms. The molecule has 1 saturated heterocycles. The predicted octanol–water partition coefficient (Wildman–Crippen LogP) is 6.76. The Bertz CT molecular complexity index is 1530. The molecular formula is C28H27ClN4O2S. The van der Waals surface area contributed by atoms with Crippen molar-refractivity contribution in [3.8, 4) is 0 Å². The standard InChI is InChI=1S/C28H27ClN4O2S/c1-4-32-23-9-7-6-8-20(23)21-15-19(12-13-24(21)32)30-28-33(5-2)27(35)25(36-28)16-26(34)31-22-14-18(29)11-10-17(22)3/h6-15,25H,4-5,16H2,1-3H3,(H,31,34). The van der Waals surface area contributed by atoms with Crippen molar-refractivity contribution in [2.75, 3.05) is 11.9 Å². The van der Waals surface area contributed by atoms with E-state index in [4.69, 9.17) is 16.6 Å². The van der Waals surface area contributed by atoms with Gasteiger partial charge in [-0.05, 0) is 62.7 Å². The molecule has 0 saturated carbocycles. The second-order valence-corrected chi connectivity index (χ2v) is 10.4. The molecule has 6 nitrogen and oxygen atoms in total. The van der Waals surface area contributed by atoms with Gasteiger partial charge in [-0.3, -0.25) is 14.5 Å². The van der Waals surface area contributed by atoms with Crippen LogP contribution in [0.25, 0.3) is 21.8 Å². The van der Waals surface area contributed by atoms with Crippen LogP contribution in [0.15, 0.2) is 65.7 Å². The lowest BCUT2D eigenvalue weighted by Gasteiger charge is -2.13. The number of carbonyl (C=O) groups is 2. The topological polar surface area (TPSA) is 66.7 Å². The molecule has 0 aliphatic carbocycles. The fourth-order valence-electron chi connectivity index (χ4n) is 4.68. The molecule has 1 atom stereocenters. The number of hydrogen-bond acceptors (Lipinski definition) is 4. The monoisotopic (exact) mass is 518 g/mol. The van der Waals surface area contributed by atoms with E-state index in [0.717, 1.165) is 28.7 Å². The maximum atomic E-state index is 13.1. The van der Waals surface area contributed by atoms with Gasteiger partial charge in [-0.25, -0.2) is 4.99 Å². The van der Waals surface area contributed by atoms with E-state index in [9.17, 15) is 9.59 Å². The first kappa shape index (κ1) is 24.4. The molecule has 0 radical (unpaired) electrons. The minimum Gasteiger partial charge on any atom is -0.341 e. The van der Waals surface area contributed by atoms with Gasteiger partial charge in [0, 0.05) is 52.0 Å². The zero-order valence-corrected chi connectivity index (χ0v) is 22.0. The molecule has 184 valence electrons. The Balaban J connectivity index is 1.40. The smallest absolute Gasteiger partial charge is 0.242 e. The molecule has 5 rings (SSSR count). The number of para-hydroxylation sites is 1. The lowest BCUT2D eigenvalue weighted by atomic mass is 10.1. The Labute approximate surface area is 219 Å². The fraction of sp³-hybridized carbons (Fsp3) is 0.250. The third kappa shape index (κ3) is 4.49. The van der Waals surface area contributed by atoms with Gasteiger partial charge >= 0.3 is 0 Å². The molecular weight excluding hydrogens is 492 g/mol. The summed E-state index contributed by atoms with van der Waals surface area (Å²) in [4.78, 5) is 32.4. The average Bonchev–Trinajstić information content (AvgIpc) is 3.34. The molecule has 8 heteroatoms. The minimum absolute atomic E-state index is 0.0635. The van der Waals surface area contributed by atoms with E-state index in [1.54, 1.807) is 17.0 Å². The van der Waals surface area contributed by atoms with Gasteiger partial charge in [0.05, 0.1) is 5.69 Å². The van der Waals surface area contributed by atoms with E-state index in [0.29, 0.717) is 22.4 Å². The number of fused-ring (bicyclic) bond motifs is 3. The molecule has 1 aliphatic rings. The number of rotatable bonds is 6. The van der Waals surface area contributed by atoms with Crippen molar-refractivity contribution >= 4 is 73.5 Å². The number of thioether (sulfide) groups is 1. The van der Waals surface area contributed by atoms with E-state index in [2.05, 4.69) is 47.1 Å². The van der Waals surface area contributed by atoms with Crippen LogP contribution < -0.4 is 5.32 Å². The second kappa shape index (κ2) is 9.99. The Hall–Kier alpha value is -3.29. The summed E-state index contributed by atoms with van der Waals surface area (Å²) in [7, 11) is 0. The van der Waals surface area contributed by atoms with Crippen LogP contribution in [0.2, 0.25) is 5.02 Å².